The number of H-pyrrole nitrogens is 1. The number of piperidine rings is 1. The maximum atomic E-state index is 11.9. The molecule has 2 aliphatic heterocycles. The number of nitrogens with zero attached hydrogens (tertiary/aromatic N) is 4. The second-order valence-corrected chi connectivity index (χ2v) is 12.5. The average molecular weight is 604 g/mol. The zero-order valence-corrected chi connectivity index (χ0v) is 26.7. The van der Waals surface area contributed by atoms with E-state index in [1.165, 1.54) is 39.5 Å². The van der Waals surface area contributed by atoms with E-state index in [0.29, 0.717) is 6.04 Å². The molecule has 2 saturated heterocycles. The van der Waals surface area contributed by atoms with Gasteiger partial charge >= 0.3 is 0 Å². The summed E-state index contributed by atoms with van der Waals surface area (Å²) < 4.78 is 5.46. The van der Waals surface area contributed by atoms with Crippen LogP contribution < -0.4 is 0 Å². The summed E-state index contributed by atoms with van der Waals surface area (Å²) in [7, 11) is 2.19. The van der Waals surface area contributed by atoms with Crippen LogP contribution in [0.3, 0.4) is 0 Å². The van der Waals surface area contributed by atoms with Gasteiger partial charge in [-0.25, -0.2) is 0 Å². The van der Waals surface area contributed by atoms with Gasteiger partial charge in [0.05, 0.1) is 24.4 Å². The van der Waals surface area contributed by atoms with Gasteiger partial charge in [0.1, 0.15) is 0 Å². The number of rotatable bonds is 10. The summed E-state index contributed by atoms with van der Waals surface area (Å²) in [4.78, 5) is 18.7. The Hall–Kier alpha value is -4.04. The first kappa shape index (κ1) is 31.0. The summed E-state index contributed by atoms with van der Waals surface area (Å²) in [6.07, 6.45) is 8.73. The number of amides is 1. The number of nitrogens with one attached hydrogen (secondary N) is 1. The highest BCUT2D eigenvalue weighted by atomic mass is 16.5. The molecule has 0 aliphatic carbocycles. The van der Waals surface area contributed by atoms with E-state index in [0.717, 1.165) is 88.3 Å². The molecule has 0 bridgehead atoms. The molecule has 234 valence electrons. The lowest BCUT2D eigenvalue weighted by Crippen LogP contribution is -2.44. The molecule has 45 heavy (non-hydrogen) atoms. The molecule has 0 radical (unpaired) electrons. The van der Waals surface area contributed by atoms with E-state index in [4.69, 9.17) is 4.74 Å². The molecule has 3 aromatic carbocycles. The standard InChI is InChI=1S/C38H45N5O2/c1-4-38(44)43-19-16-33(17-20-43)41(3)27-31-9-12-32(13-10-31)34-26-35-36(39-40-37(35)25-28(34)2)14-11-29-5-7-30(8-6-29)15-18-42-21-23-45-24-22-42/h4-14,25-26,33H,1,15-24,27H2,2-3H3,(H,39,40)/b14-11+. The van der Waals surface area contributed by atoms with Crippen LogP contribution in [0.5, 0.6) is 0 Å². The van der Waals surface area contributed by atoms with Crippen molar-refractivity contribution in [2.75, 3.05) is 53.0 Å². The van der Waals surface area contributed by atoms with E-state index in [-0.39, 0.29) is 5.91 Å². The zero-order chi connectivity index (χ0) is 31.2. The molecule has 0 atom stereocenters. The monoisotopic (exact) mass is 603 g/mol. The number of benzene rings is 3. The molecule has 7 nitrogen and oxygen atoms in total. The van der Waals surface area contributed by atoms with E-state index in [2.05, 4.69) is 113 Å². The summed E-state index contributed by atoms with van der Waals surface area (Å²) in [6.45, 7) is 13.1. The molecule has 0 saturated carbocycles. The number of aryl methyl sites for hydroxylation is 1. The third-order valence-electron chi connectivity index (χ3n) is 9.44. The number of hydrogen-bond donors (Lipinski definition) is 1. The van der Waals surface area contributed by atoms with E-state index in [1.54, 1.807) is 0 Å². The van der Waals surface area contributed by atoms with Gasteiger partial charge in [-0.2, -0.15) is 5.10 Å². The quantitative estimate of drug-likeness (QED) is 0.219. The number of aromatic amines is 1. The molecular formula is C38H45N5O2. The molecule has 2 aliphatic rings. The van der Waals surface area contributed by atoms with Gasteiger partial charge in [0, 0.05) is 50.7 Å². The first-order valence-electron chi connectivity index (χ1n) is 16.2. The summed E-state index contributed by atoms with van der Waals surface area (Å²) in [5, 5.41) is 8.99. The SMILES string of the molecule is C=CC(=O)N1CCC(N(C)Cc2ccc(-c3cc4c(/C=C/c5ccc(CCN6CCOCC6)cc5)n[nH]c4cc3C)cc2)CC1. The summed E-state index contributed by atoms with van der Waals surface area (Å²) >= 11 is 0. The van der Waals surface area contributed by atoms with Gasteiger partial charge in [-0.1, -0.05) is 61.2 Å². The number of hydrogen-bond acceptors (Lipinski definition) is 5. The molecule has 7 heteroatoms. The minimum Gasteiger partial charge on any atom is -0.379 e. The highest BCUT2D eigenvalue weighted by molar-refractivity contribution is 5.93. The van der Waals surface area contributed by atoms with Crippen LogP contribution >= 0.6 is 0 Å². The zero-order valence-electron chi connectivity index (χ0n) is 26.7. The Bertz CT molecular complexity index is 1630. The predicted molar refractivity (Wildman–Crippen MR) is 184 cm³/mol. The third-order valence-corrected chi connectivity index (χ3v) is 9.44. The Kier molecular flexibility index (Phi) is 9.89. The number of fused-ring (bicyclic) bond motifs is 1. The van der Waals surface area contributed by atoms with Gasteiger partial charge in [0.15, 0.2) is 0 Å². The molecule has 6 rings (SSSR count). The van der Waals surface area contributed by atoms with Crippen molar-refractivity contribution in [3.05, 3.63) is 101 Å². The summed E-state index contributed by atoms with van der Waals surface area (Å²) in [6, 6.07) is 22.8. The second kappa shape index (κ2) is 14.4. The van der Waals surface area contributed by atoms with Crippen molar-refractivity contribution >= 4 is 29.0 Å². The molecule has 1 amide bonds. The molecule has 2 fully saturated rings. The highest BCUT2D eigenvalue weighted by Crippen LogP contribution is 2.30. The lowest BCUT2D eigenvalue weighted by molar-refractivity contribution is -0.127. The third kappa shape index (κ3) is 7.61. The van der Waals surface area contributed by atoms with Crippen LogP contribution in [0.1, 0.15) is 40.8 Å². The Morgan fingerprint density at radius 1 is 1.00 bits per heavy atom. The number of morpholine rings is 1. The van der Waals surface area contributed by atoms with E-state index >= 15 is 0 Å². The highest BCUT2D eigenvalue weighted by Gasteiger charge is 2.24. The molecule has 1 aromatic heterocycles. The molecule has 0 unspecified atom stereocenters. The van der Waals surface area contributed by atoms with Crippen LogP contribution in [-0.2, 0) is 22.5 Å². The van der Waals surface area contributed by atoms with Crippen LogP contribution in [0.2, 0.25) is 0 Å². The lowest BCUT2D eigenvalue weighted by atomic mass is 9.96. The average Bonchev–Trinajstić information content (AvgIpc) is 3.48. The lowest BCUT2D eigenvalue weighted by Gasteiger charge is -2.36. The number of ether oxygens (including phenoxy) is 1. The van der Waals surface area contributed by atoms with Crippen LogP contribution in [0.4, 0.5) is 0 Å². The first-order chi connectivity index (χ1) is 22.0. The fraction of sp³-hybridized carbons (Fsp3) is 0.368. The fourth-order valence-electron chi connectivity index (χ4n) is 6.58. The minimum absolute atomic E-state index is 0.0410. The molecule has 3 heterocycles. The summed E-state index contributed by atoms with van der Waals surface area (Å²) in [5.74, 6) is 0.0410. The van der Waals surface area contributed by atoms with Crippen LogP contribution in [-0.4, -0.2) is 89.8 Å². The van der Waals surface area contributed by atoms with E-state index in [9.17, 15) is 4.79 Å². The van der Waals surface area contributed by atoms with Gasteiger partial charge in [-0.15, -0.1) is 0 Å². The maximum absolute atomic E-state index is 11.9. The van der Waals surface area contributed by atoms with Crippen LogP contribution in [0.15, 0.2) is 73.3 Å². The van der Waals surface area contributed by atoms with Crippen LogP contribution in [0.25, 0.3) is 34.2 Å². The second-order valence-electron chi connectivity index (χ2n) is 12.5. The first-order valence-corrected chi connectivity index (χ1v) is 16.2. The predicted octanol–water partition coefficient (Wildman–Crippen LogP) is 6.19. The maximum Gasteiger partial charge on any atom is 0.245 e. The Labute approximate surface area is 267 Å². The van der Waals surface area contributed by atoms with Gasteiger partial charge in [-0.3, -0.25) is 19.7 Å². The van der Waals surface area contributed by atoms with Gasteiger partial charge in [0.2, 0.25) is 5.91 Å². The molecule has 0 spiro atoms. The molecule has 4 aromatic rings. The molecular weight excluding hydrogens is 558 g/mol. The van der Waals surface area contributed by atoms with Crippen molar-refractivity contribution in [2.24, 2.45) is 0 Å². The number of aromatic nitrogens is 2. The van der Waals surface area contributed by atoms with Gasteiger partial charge in [0.25, 0.3) is 0 Å². The van der Waals surface area contributed by atoms with Gasteiger partial charge < -0.3 is 9.64 Å². The van der Waals surface area contributed by atoms with Crippen molar-refractivity contribution < 1.29 is 9.53 Å². The van der Waals surface area contributed by atoms with E-state index < -0.39 is 0 Å². The van der Waals surface area contributed by atoms with Crippen molar-refractivity contribution in [1.82, 2.24) is 24.9 Å². The van der Waals surface area contributed by atoms with Crippen molar-refractivity contribution in [3.8, 4) is 11.1 Å². The smallest absolute Gasteiger partial charge is 0.245 e. The Morgan fingerprint density at radius 2 is 1.71 bits per heavy atom. The number of carbonyl (C=O) groups excluding carboxylic acids is 1. The molecule has 1 N–H and O–H groups in total. The van der Waals surface area contributed by atoms with E-state index in [1.807, 2.05) is 4.90 Å². The summed E-state index contributed by atoms with van der Waals surface area (Å²) in [5.41, 5.74) is 9.48. The number of likely N-dealkylation sites (tertiary alicyclic amines) is 1. The minimum atomic E-state index is 0.0410. The van der Waals surface area contributed by atoms with Crippen molar-refractivity contribution in [2.45, 2.75) is 38.8 Å². The largest absolute Gasteiger partial charge is 0.379 e. The Morgan fingerprint density at radius 3 is 2.42 bits per heavy atom. The van der Waals surface area contributed by atoms with Gasteiger partial charge in [-0.05, 0) is 90.9 Å². The Balaban J connectivity index is 1.09. The number of carbonyl (C=O) groups is 1. The topological polar surface area (TPSA) is 64.7 Å². The van der Waals surface area contributed by atoms with Crippen molar-refractivity contribution in [1.29, 1.82) is 0 Å². The van der Waals surface area contributed by atoms with Crippen LogP contribution in [0, 0.1) is 6.92 Å². The fourth-order valence-corrected chi connectivity index (χ4v) is 6.58. The normalized spacial score (nSPS) is 16.6. The van der Waals surface area contributed by atoms with Crippen molar-refractivity contribution in [3.63, 3.8) is 0 Å².